The van der Waals surface area contributed by atoms with Gasteiger partial charge < -0.3 is 20.5 Å². The standard InChI is InChI=1S/C13H19ClN4O2/c1-2-4-17-8-9(14)6-10(17)13(20)18-5-3-16-7-11(18)12(15)19/h6,8,11,16H,2-5,7H2,1H3,(H2,15,19). The maximum Gasteiger partial charge on any atom is 0.271 e. The fraction of sp³-hybridized carbons (Fsp3) is 0.538. The predicted molar refractivity (Wildman–Crippen MR) is 76.6 cm³/mol. The van der Waals surface area contributed by atoms with Crippen LogP contribution in [0.25, 0.3) is 0 Å². The fourth-order valence-electron chi connectivity index (χ4n) is 2.43. The third-order valence-corrected chi connectivity index (χ3v) is 3.59. The average Bonchev–Trinajstić information content (AvgIpc) is 2.79. The first-order chi connectivity index (χ1) is 9.54. The zero-order chi connectivity index (χ0) is 14.7. The molecule has 1 fully saturated rings. The van der Waals surface area contributed by atoms with Crippen LogP contribution in [0.2, 0.25) is 5.02 Å². The van der Waals surface area contributed by atoms with Crippen molar-refractivity contribution in [3.05, 3.63) is 23.0 Å². The Balaban J connectivity index is 2.27. The number of halogens is 1. The second-order valence-electron chi connectivity index (χ2n) is 4.86. The van der Waals surface area contributed by atoms with E-state index in [9.17, 15) is 9.59 Å². The average molecular weight is 299 g/mol. The van der Waals surface area contributed by atoms with E-state index in [-0.39, 0.29) is 5.91 Å². The molecule has 3 N–H and O–H groups in total. The van der Waals surface area contributed by atoms with E-state index in [2.05, 4.69) is 5.32 Å². The summed E-state index contributed by atoms with van der Waals surface area (Å²) >= 11 is 5.99. The van der Waals surface area contributed by atoms with Gasteiger partial charge in [0, 0.05) is 32.4 Å². The van der Waals surface area contributed by atoms with Gasteiger partial charge in [-0.2, -0.15) is 0 Å². The number of rotatable bonds is 4. The summed E-state index contributed by atoms with van der Waals surface area (Å²) in [4.78, 5) is 25.6. The molecule has 0 bridgehead atoms. The second-order valence-corrected chi connectivity index (χ2v) is 5.29. The highest BCUT2D eigenvalue weighted by atomic mass is 35.5. The Morgan fingerprint density at radius 3 is 2.95 bits per heavy atom. The quantitative estimate of drug-likeness (QED) is 0.847. The van der Waals surface area contributed by atoms with Gasteiger partial charge in [-0.15, -0.1) is 0 Å². The smallest absolute Gasteiger partial charge is 0.271 e. The van der Waals surface area contributed by atoms with Crippen LogP contribution < -0.4 is 11.1 Å². The summed E-state index contributed by atoms with van der Waals surface area (Å²) in [5.41, 5.74) is 5.87. The highest BCUT2D eigenvalue weighted by molar-refractivity contribution is 6.31. The van der Waals surface area contributed by atoms with Gasteiger partial charge in [-0.3, -0.25) is 9.59 Å². The molecule has 6 nitrogen and oxygen atoms in total. The molecule has 0 radical (unpaired) electrons. The van der Waals surface area contributed by atoms with Crippen molar-refractivity contribution in [3.63, 3.8) is 0 Å². The molecular formula is C13H19ClN4O2. The Morgan fingerprint density at radius 1 is 1.55 bits per heavy atom. The van der Waals surface area contributed by atoms with Crippen LogP contribution in [0, 0.1) is 0 Å². The number of nitrogens with two attached hydrogens (primary N) is 1. The Labute approximate surface area is 122 Å². The van der Waals surface area contributed by atoms with Crippen LogP contribution in [0.15, 0.2) is 12.3 Å². The van der Waals surface area contributed by atoms with Crippen molar-refractivity contribution in [1.82, 2.24) is 14.8 Å². The van der Waals surface area contributed by atoms with Gasteiger partial charge in [-0.05, 0) is 12.5 Å². The van der Waals surface area contributed by atoms with Gasteiger partial charge in [0.2, 0.25) is 5.91 Å². The summed E-state index contributed by atoms with van der Waals surface area (Å²) in [6, 6.07) is 1.03. The number of hydrogen-bond acceptors (Lipinski definition) is 3. The summed E-state index contributed by atoms with van der Waals surface area (Å²) in [6.45, 7) is 4.24. The first kappa shape index (κ1) is 14.9. The van der Waals surface area contributed by atoms with E-state index in [0.29, 0.717) is 36.9 Å². The minimum atomic E-state index is -0.611. The van der Waals surface area contributed by atoms with Crippen molar-refractivity contribution in [2.45, 2.75) is 25.9 Å². The van der Waals surface area contributed by atoms with E-state index in [1.807, 2.05) is 11.5 Å². The van der Waals surface area contributed by atoms with Gasteiger partial charge in [-0.25, -0.2) is 0 Å². The van der Waals surface area contributed by atoms with Gasteiger partial charge in [0.25, 0.3) is 5.91 Å². The van der Waals surface area contributed by atoms with Crippen LogP contribution in [0.4, 0.5) is 0 Å². The number of carbonyl (C=O) groups excluding carboxylic acids is 2. The van der Waals surface area contributed by atoms with E-state index in [1.165, 1.54) is 4.90 Å². The molecule has 0 spiro atoms. The molecule has 2 amide bonds. The van der Waals surface area contributed by atoms with Crippen molar-refractivity contribution in [2.24, 2.45) is 5.73 Å². The number of amides is 2. The van der Waals surface area contributed by atoms with Gasteiger partial charge >= 0.3 is 0 Å². The molecule has 20 heavy (non-hydrogen) atoms. The normalized spacial score (nSPS) is 19.1. The monoisotopic (exact) mass is 298 g/mol. The summed E-state index contributed by atoms with van der Waals surface area (Å²) in [6.07, 6.45) is 2.63. The van der Waals surface area contributed by atoms with Crippen molar-refractivity contribution >= 4 is 23.4 Å². The molecule has 1 aromatic rings. The Hall–Kier alpha value is -1.53. The van der Waals surface area contributed by atoms with Crippen molar-refractivity contribution in [2.75, 3.05) is 19.6 Å². The lowest BCUT2D eigenvalue weighted by molar-refractivity contribution is -0.122. The van der Waals surface area contributed by atoms with Gasteiger partial charge in [0.05, 0.1) is 5.02 Å². The van der Waals surface area contributed by atoms with Crippen LogP contribution in [0.3, 0.4) is 0 Å². The van der Waals surface area contributed by atoms with Crippen LogP contribution in [0.1, 0.15) is 23.8 Å². The SMILES string of the molecule is CCCn1cc(Cl)cc1C(=O)N1CCNCC1C(N)=O. The number of primary amides is 1. The third kappa shape index (κ3) is 2.96. The van der Waals surface area contributed by atoms with Crippen molar-refractivity contribution < 1.29 is 9.59 Å². The molecule has 1 unspecified atom stereocenters. The van der Waals surface area contributed by atoms with E-state index < -0.39 is 11.9 Å². The van der Waals surface area contributed by atoms with E-state index in [0.717, 1.165) is 6.42 Å². The van der Waals surface area contributed by atoms with Crippen LogP contribution in [0.5, 0.6) is 0 Å². The molecule has 1 aromatic heterocycles. The third-order valence-electron chi connectivity index (χ3n) is 3.38. The number of nitrogens with one attached hydrogen (secondary N) is 1. The number of nitrogens with zero attached hydrogens (tertiary/aromatic N) is 2. The summed E-state index contributed by atoms with van der Waals surface area (Å²) < 4.78 is 1.82. The highest BCUT2D eigenvalue weighted by Crippen LogP contribution is 2.18. The molecule has 1 aliphatic rings. The number of aromatic nitrogens is 1. The van der Waals surface area contributed by atoms with Crippen molar-refractivity contribution in [1.29, 1.82) is 0 Å². The van der Waals surface area contributed by atoms with Gasteiger partial charge in [0.1, 0.15) is 11.7 Å². The molecular weight excluding hydrogens is 280 g/mol. The van der Waals surface area contributed by atoms with Gasteiger partial charge in [-0.1, -0.05) is 18.5 Å². The Morgan fingerprint density at radius 2 is 2.30 bits per heavy atom. The van der Waals surface area contributed by atoms with E-state index in [4.69, 9.17) is 17.3 Å². The maximum atomic E-state index is 12.6. The van der Waals surface area contributed by atoms with E-state index >= 15 is 0 Å². The van der Waals surface area contributed by atoms with Crippen LogP contribution in [-0.2, 0) is 11.3 Å². The molecule has 0 aliphatic carbocycles. The molecule has 2 rings (SSSR count). The number of hydrogen-bond donors (Lipinski definition) is 2. The summed E-state index contributed by atoms with van der Waals surface area (Å²) in [5, 5.41) is 3.59. The predicted octanol–water partition coefficient (Wildman–Crippen LogP) is 0.451. The minimum absolute atomic E-state index is 0.198. The molecule has 7 heteroatoms. The lowest BCUT2D eigenvalue weighted by Gasteiger charge is -2.34. The van der Waals surface area contributed by atoms with E-state index in [1.54, 1.807) is 12.3 Å². The van der Waals surface area contributed by atoms with Crippen molar-refractivity contribution in [3.8, 4) is 0 Å². The first-order valence-corrected chi connectivity index (χ1v) is 7.09. The lowest BCUT2D eigenvalue weighted by Crippen LogP contribution is -2.58. The molecule has 1 saturated heterocycles. The Kier molecular flexibility index (Phi) is 4.67. The van der Waals surface area contributed by atoms with Crippen LogP contribution >= 0.6 is 11.6 Å². The number of piperazine rings is 1. The molecule has 0 saturated carbocycles. The number of aryl methyl sites for hydroxylation is 1. The molecule has 110 valence electrons. The topological polar surface area (TPSA) is 80.4 Å². The fourth-order valence-corrected chi connectivity index (χ4v) is 2.65. The molecule has 1 aliphatic heterocycles. The zero-order valence-electron chi connectivity index (χ0n) is 11.4. The zero-order valence-corrected chi connectivity index (χ0v) is 12.2. The molecule has 2 heterocycles. The molecule has 1 atom stereocenters. The Bertz CT molecular complexity index is 514. The second kappa shape index (κ2) is 6.28. The lowest BCUT2D eigenvalue weighted by atomic mass is 10.1. The summed E-state index contributed by atoms with van der Waals surface area (Å²) in [7, 11) is 0. The highest BCUT2D eigenvalue weighted by Gasteiger charge is 2.32. The van der Waals surface area contributed by atoms with Gasteiger partial charge in [0.15, 0.2) is 0 Å². The number of carbonyl (C=O) groups is 2. The van der Waals surface area contributed by atoms with Crippen LogP contribution in [-0.4, -0.2) is 47.0 Å². The first-order valence-electron chi connectivity index (χ1n) is 6.71. The minimum Gasteiger partial charge on any atom is -0.368 e. The maximum absolute atomic E-state index is 12.6. The summed E-state index contributed by atoms with van der Waals surface area (Å²) in [5.74, 6) is -0.694. The molecule has 0 aromatic carbocycles. The largest absolute Gasteiger partial charge is 0.368 e.